The Morgan fingerprint density at radius 2 is 1.65 bits per heavy atom. The highest BCUT2D eigenvalue weighted by molar-refractivity contribution is 14.1. The second-order valence-electron chi connectivity index (χ2n) is 14.3. The number of amides is 2. The Bertz CT molecular complexity index is 1800. The van der Waals surface area contributed by atoms with Crippen molar-refractivity contribution in [3.63, 3.8) is 0 Å². The molecule has 11 nitrogen and oxygen atoms in total. The Hall–Kier alpha value is -3.41. The van der Waals surface area contributed by atoms with Gasteiger partial charge in [0.1, 0.15) is 29.5 Å². The van der Waals surface area contributed by atoms with Crippen molar-refractivity contribution in [2.24, 2.45) is 0 Å². The van der Waals surface area contributed by atoms with E-state index in [1.165, 1.54) is 6.92 Å². The van der Waals surface area contributed by atoms with Crippen LogP contribution in [-0.4, -0.2) is 78.3 Å². The van der Waals surface area contributed by atoms with Crippen LogP contribution in [0.4, 0.5) is 4.79 Å². The molecule has 2 aliphatic heterocycles. The van der Waals surface area contributed by atoms with Crippen LogP contribution in [-0.2, 0) is 28.9 Å². The summed E-state index contributed by atoms with van der Waals surface area (Å²) in [4.78, 5) is 27.1. The van der Waals surface area contributed by atoms with Crippen molar-refractivity contribution in [3.05, 3.63) is 111 Å². The third kappa shape index (κ3) is 10.3. The summed E-state index contributed by atoms with van der Waals surface area (Å²) in [5.74, 6) is 0.712. The van der Waals surface area contributed by atoms with Gasteiger partial charge in [0, 0.05) is 34.7 Å². The normalized spacial score (nSPS) is 21.6. The average molecular weight is 883 g/mol. The average Bonchev–Trinajstić information content (AvgIpc) is 3.56. The van der Waals surface area contributed by atoms with Gasteiger partial charge in [-0.05, 0) is 93.0 Å². The number of nitrogens with one attached hydrogen (secondary N) is 1. The van der Waals surface area contributed by atoms with E-state index >= 15 is 0 Å². The van der Waals surface area contributed by atoms with Crippen molar-refractivity contribution in [3.8, 4) is 11.8 Å². The topological polar surface area (TPSA) is 123 Å². The highest BCUT2D eigenvalue weighted by atomic mass is 127. The molecule has 0 saturated carbocycles. The van der Waals surface area contributed by atoms with E-state index in [9.17, 15) is 14.9 Å². The smallest absolute Gasteiger partial charge is 0.324 e. The number of rotatable bonds is 18. The molecule has 5 rings (SSSR count). The van der Waals surface area contributed by atoms with Crippen molar-refractivity contribution in [1.29, 1.82) is 5.26 Å². The lowest BCUT2D eigenvalue weighted by molar-refractivity contribution is -0.117. The standard InChI is InChI=1S/C42H52IN4O7P/c1-28(2)47(29(3)4)55(52-23-11-22-44)54-38-25-40(46-26-36(43)37(24-31(6)48)45-41(46)49)53-39(38)27-51-42(32-12-9-8-10-13-32,33-16-14-30(5)15-17-33)34-18-20-35(50-7)21-19-34/h8-10,12-21,26,28-29,37-40H,11,23-25,27H2,1-7H3,(H,45,49). The molecule has 1 fully saturated rings. The maximum atomic E-state index is 13.6. The third-order valence-corrected chi connectivity index (χ3v) is 12.8. The van der Waals surface area contributed by atoms with E-state index in [-0.39, 0.29) is 50.0 Å². The molecule has 0 spiro atoms. The summed E-state index contributed by atoms with van der Waals surface area (Å²) < 4.78 is 35.9. The number of halogens is 1. The maximum Gasteiger partial charge on any atom is 0.324 e. The first-order chi connectivity index (χ1) is 26.4. The largest absolute Gasteiger partial charge is 0.497 e. The van der Waals surface area contributed by atoms with Crippen LogP contribution in [0.2, 0.25) is 0 Å². The quantitative estimate of drug-likeness (QED) is 0.0579. The zero-order chi connectivity index (χ0) is 39.7. The molecule has 3 aromatic rings. The Labute approximate surface area is 340 Å². The minimum Gasteiger partial charge on any atom is -0.497 e. The molecular weight excluding hydrogens is 830 g/mol. The molecule has 13 heteroatoms. The Morgan fingerprint density at radius 1 is 1.04 bits per heavy atom. The lowest BCUT2D eigenvalue weighted by Crippen LogP contribution is -2.51. The molecule has 1 N–H and O–H groups in total. The molecule has 1 saturated heterocycles. The number of aryl methyl sites for hydroxylation is 1. The SMILES string of the molecule is COc1ccc(C(OCC2OC(N3C=C(I)C(CC(C)=O)NC3=O)CC2OP(OCCC#N)N(C(C)C)C(C)C)(c2ccccc2)c2ccc(C)cc2)cc1. The zero-order valence-electron chi connectivity index (χ0n) is 32.6. The fraction of sp³-hybridized carbons (Fsp3) is 0.452. The summed E-state index contributed by atoms with van der Waals surface area (Å²) in [6.45, 7) is 12.2. The summed E-state index contributed by atoms with van der Waals surface area (Å²) >= 11 is 2.17. The predicted molar refractivity (Wildman–Crippen MR) is 221 cm³/mol. The van der Waals surface area contributed by atoms with Gasteiger partial charge in [-0.25, -0.2) is 9.46 Å². The number of benzene rings is 3. The van der Waals surface area contributed by atoms with Crippen molar-refractivity contribution in [1.82, 2.24) is 14.9 Å². The van der Waals surface area contributed by atoms with Gasteiger partial charge in [-0.1, -0.05) is 72.3 Å². The number of nitriles is 1. The summed E-state index contributed by atoms with van der Waals surface area (Å²) in [5, 5.41) is 12.3. The van der Waals surface area contributed by atoms with Gasteiger partial charge < -0.3 is 28.6 Å². The molecule has 0 aliphatic carbocycles. The van der Waals surface area contributed by atoms with Gasteiger partial charge in [0.25, 0.3) is 8.53 Å². The van der Waals surface area contributed by atoms with Gasteiger partial charge in [-0.3, -0.25) is 9.69 Å². The van der Waals surface area contributed by atoms with Gasteiger partial charge in [-0.2, -0.15) is 5.26 Å². The molecular formula is C42H52IN4O7P. The number of Topliss-reactive ketones (excluding diaryl/α,β-unsaturated/α-hetero) is 1. The van der Waals surface area contributed by atoms with Gasteiger partial charge in [0.15, 0.2) is 0 Å². The number of hydrogen-bond acceptors (Lipinski definition) is 9. The molecule has 0 radical (unpaired) electrons. The van der Waals surface area contributed by atoms with E-state index in [1.807, 2.05) is 42.5 Å². The first-order valence-corrected chi connectivity index (χ1v) is 20.9. The number of methoxy groups -OCH3 is 1. The highest BCUT2D eigenvalue weighted by Crippen LogP contribution is 2.50. The molecule has 55 heavy (non-hydrogen) atoms. The molecule has 6 unspecified atom stereocenters. The molecule has 6 atom stereocenters. The summed E-state index contributed by atoms with van der Waals surface area (Å²) in [6.07, 6.45) is 0.616. The van der Waals surface area contributed by atoms with Crippen LogP contribution in [0.3, 0.4) is 0 Å². The van der Waals surface area contributed by atoms with Gasteiger partial charge >= 0.3 is 6.03 Å². The number of ether oxygens (including phenoxy) is 3. The summed E-state index contributed by atoms with van der Waals surface area (Å²) in [7, 11) is -0.00254. The van der Waals surface area contributed by atoms with Crippen molar-refractivity contribution in [2.45, 2.75) is 103 Å². The highest BCUT2D eigenvalue weighted by Gasteiger charge is 2.47. The fourth-order valence-electron chi connectivity index (χ4n) is 7.01. The first-order valence-electron chi connectivity index (χ1n) is 18.6. The maximum absolute atomic E-state index is 13.6. The number of carbonyl (C=O) groups excluding carboxylic acids is 2. The van der Waals surface area contributed by atoms with E-state index in [2.05, 4.69) is 110 Å². The molecule has 3 aromatic carbocycles. The van der Waals surface area contributed by atoms with Crippen molar-refractivity contribution in [2.75, 3.05) is 20.3 Å². The van der Waals surface area contributed by atoms with Gasteiger partial charge in [0.05, 0.1) is 45.0 Å². The third-order valence-electron chi connectivity index (χ3n) is 9.60. The molecule has 0 aromatic heterocycles. The lowest BCUT2D eigenvalue weighted by atomic mass is 9.79. The second kappa shape index (κ2) is 19.6. The number of urea groups is 1. The van der Waals surface area contributed by atoms with Crippen LogP contribution < -0.4 is 10.1 Å². The second-order valence-corrected chi connectivity index (χ2v) is 17.0. The van der Waals surface area contributed by atoms with Crippen molar-refractivity contribution >= 4 is 42.9 Å². The fourth-order valence-corrected chi connectivity index (χ4v) is 9.44. The number of ketones is 1. The first kappa shape index (κ1) is 42.7. The van der Waals surface area contributed by atoms with Crippen LogP contribution in [0.1, 0.15) is 76.1 Å². The van der Waals surface area contributed by atoms with Crippen LogP contribution in [0.25, 0.3) is 0 Å². The Kier molecular flexibility index (Phi) is 15.3. The molecule has 0 bridgehead atoms. The lowest BCUT2D eigenvalue weighted by Gasteiger charge is -2.39. The minimum absolute atomic E-state index is 0.0129. The molecule has 2 amide bonds. The van der Waals surface area contributed by atoms with E-state index < -0.39 is 38.6 Å². The van der Waals surface area contributed by atoms with E-state index in [0.717, 1.165) is 31.6 Å². The minimum atomic E-state index is -1.65. The van der Waals surface area contributed by atoms with Crippen LogP contribution in [0.15, 0.2) is 88.6 Å². The predicted octanol–water partition coefficient (Wildman–Crippen LogP) is 8.74. The summed E-state index contributed by atoms with van der Waals surface area (Å²) in [6, 6.07) is 27.9. The van der Waals surface area contributed by atoms with Crippen molar-refractivity contribution < 1.29 is 32.8 Å². The van der Waals surface area contributed by atoms with E-state index in [1.54, 1.807) is 18.2 Å². The number of carbonyl (C=O) groups is 2. The number of hydrogen-bond donors (Lipinski definition) is 1. The zero-order valence-corrected chi connectivity index (χ0v) is 35.7. The van der Waals surface area contributed by atoms with Crippen LogP contribution in [0, 0.1) is 18.3 Å². The molecule has 294 valence electrons. The van der Waals surface area contributed by atoms with Gasteiger partial charge in [0.2, 0.25) is 0 Å². The molecule has 2 aliphatic rings. The Balaban J connectivity index is 1.57. The summed E-state index contributed by atoms with van der Waals surface area (Å²) in [5.41, 5.74) is 2.80. The molecule has 2 heterocycles. The Morgan fingerprint density at radius 3 is 2.24 bits per heavy atom. The van der Waals surface area contributed by atoms with Crippen LogP contribution >= 0.6 is 31.1 Å². The van der Waals surface area contributed by atoms with E-state index in [4.69, 9.17) is 23.3 Å². The number of nitrogens with zero attached hydrogens (tertiary/aromatic N) is 3. The van der Waals surface area contributed by atoms with E-state index in [0.29, 0.717) is 6.42 Å². The monoisotopic (exact) mass is 882 g/mol. The van der Waals surface area contributed by atoms with Gasteiger partial charge in [-0.15, -0.1) is 0 Å². The van der Waals surface area contributed by atoms with Crippen LogP contribution in [0.5, 0.6) is 5.75 Å².